The predicted molar refractivity (Wildman–Crippen MR) is 113 cm³/mol. The number of aliphatic hydroxyl groups excluding tert-OH is 1. The van der Waals surface area contributed by atoms with Crippen molar-refractivity contribution in [2.24, 2.45) is 16.7 Å². The normalized spacial score (nSPS) is 23.4. The number of ketones is 3. The van der Waals surface area contributed by atoms with Gasteiger partial charge < -0.3 is 5.11 Å². The van der Waals surface area contributed by atoms with E-state index in [9.17, 15) is 19.5 Å². The summed E-state index contributed by atoms with van der Waals surface area (Å²) in [6.07, 6.45) is 1.00. The highest BCUT2D eigenvalue weighted by Gasteiger charge is 2.48. The van der Waals surface area contributed by atoms with Crippen molar-refractivity contribution in [1.29, 1.82) is 0 Å². The zero-order valence-corrected chi connectivity index (χ0v) is 18.7. The van der Waals surface area contributed by atoms with Gasteiger partial charge in [0.15, 0.2) is 5.78 Å². The van der Waals surface area contributed by atoms with Crippen LogP contribution in [0.4, 0.5) is 0 Å². The van der Waals surface area contributed by atoms with Crippen molar-refractivity contribution >= 4 is 40.6 Å². The zero-order chi connectivity index (χ0) is 21.7. The SMILES string of the molecule is CC1(C)CC(=O)C(C(C2=C(O)CC(C)(C)CC2=O)c2ccc(Cl)cc2Cl)C(=O)C1. The molecule has 2 aliphatic carbocycles. The van der Waals surface area contributed by atoms with Crippen LogP contribution in [0.1, 0.15) is 64.9 Å². The molecular weight excluding hydrogens is 411 g/mol. The van der Waals surface area contributed by atoms with Gasteiger partial charge >= 0.3 is 0 Å². The quantitative estimate of drug-likeness (QED) is 0.602. The van der Waals surface area contributed by atoms with Crippen molar-refractivity contribution in [2.75, 3.05) is 0 Å². The van der Waals surface area contributed by atoms with Crippen LogP contribution in [0.3, 0.4) is 0 Å². The molecule has 2 aliphatic rings. The van der Waals surface area contributed by atoms with Crippen LogP contribution in [-0.4, -0.2) is 22.5 Å². The highest BCUT2D eigenvalue weighted by atomic mass is 35.5. The molecule has 0 bridgehead atoms. The summed E-state index contributed by atoms with van der Waals surface area (Å²) in [6, 6.07) is 4.79. The van der Waals surface area contributed by atoms with Crippen LogP contribution in [0, 0.1) is 16.7 Å². The molecule has 1 atom stereocenters. The van der Waals surface area contributed by atoms with Crippen LogP contribution in [0.15, 0.2) is 29.5 Å². The number of benzene rings is 1. The maximum atomic E-state index is 13.1. The van der Waals surface area contributed by atoms with E-state index in [4.69, 9.17) is 23.2 Å². The van der Waals surface area contributed by atoms with Gasteiger partial charge in [0.1, 0.15) is 17.3 Å². The fourth-order valence-corrected chi connectivity index (χ4v) is 5.21. The molecule has 1 fully saturated rings. The van der Waals surface area contributed by atoms with Gasteiger partial charge in [-0.05, 0) is 28.5 Å². The summed E-state index contributed by atoms with van der Waals surface area (Å²) >= 11 is 12.5. The maximum absolute atomic E-state index is 13.1. The van der Waals surface area contributed by atoms with E-state index < -0.39 is 17.3 Å². The summed E-state index contributed by atoms with van der Waals surface area (Å²) < 4.78 is 0. The molecule has 1 aromatic rings. The van der Waals surface area contributed by atoms with Gasteiger partial charge in [-0.2, -0.15) is 0 Å². The first-order chi connectivity index (χ1) is 13.3. The van der Waals surface area contributed by atoms with Crippen molar-refractivity contribution in [3.63, 3.8) is 0 Å². The summed E-state index contributed by atoms with van der Waals surface area (Å²) in [7, 11) is 0. The van der Waals surface area contributed by atoms with E-state index in [0.717, 1.165) is 0 Å². The second-order valence-electron chi connectivity index (χ2n) is 9.87. The molecular formula is C23H26Cl2O4. The van der Waals surface area contributed by atoms with Crippen molar-refractivity contribution in [2.45, 2.75) is 59.3 Å². The van der Waals surface area contributed by atoms with Crippen molar-refractivity contribution in [3.8, 4) is 0 Å². The summed E-state index contributed by atoms with van der Waals surface area (Å²) in [5, 5.41) is 11.5. The average molecular weight is 437 g/mol. The Hall–Kier alpha value is -1.65. The van der Waals surface area contributed by atoms with Crippen LogP contribution in [0.2, 0.25) is 10.0 Å². The lowest BCUT2D eigenvalue weighted by molar-refractivity contribution is -0.140. The monoisotopic (exact) mass is 436 g/mol. The Labute approximate surface area is 181 Å². The van der Waals surface area contributed by atoms with E-state index in [2.05, 4.69) is 0 Å². The number of hydrogen-bond donors (Lipinski definition) is 1. The molecule has 6 heteroatoms. The number of carbonyl (C=O) groups is 3. The summed E-state index contributed by atoms with van der Waals surface area (Å²) in [4.78, 5) is 39.3. The highest BCUT2D eigenvalue weighted by molar-refractivity contribution is 6.35. The van der Waals surface area contributed by atoms with E-state index in [0.29, 0.717) is 17.0 Å². The maximum Gasteiger partial charge on any atom is 0.163 e. The minimum atomic E-state index is -1.04. The molecule has 3 rings (SSSR count). The smallest absolute Gasteiger partial charge is 0.163 e. The van der Waals surface area contributed by atoms with Gasteiger partial charge in [-0.1, -0.05) is 57.0 Å². The minimum Gasteiger partial charge on any atom is -0.512 e. The van der Waals surface area contributed by atoms with Crippen LogP contribution in [0.5, 0.6) is 0 Å². The molecule has 0 heterocycles. The minimum absolute atomic E-state index is 0.0623. The summed E-state index contributed by atoms with van der Waals surface area (Å²) in [5.74, 6) is -2.70. The van der Waals surface area contributed by atoms with E-state index in [1.165, 1.54) is 6.07 Å². The van der Waals surface area contributed by atoms with Crippen LogP contribution in [-0.2, 0) is 14.4 Å². The van der Waals surface area contributed by atoms with Crippen LogP contribution in [0.25, 0.3) is 0 Å². The standard InChI is InChI=1S/C23H26Cl2O4/c1-22(2)8-15(26)20(16(27)9-22)19(13-6-5-12(24)7-14(13)25)21-17(28)10-23(3,4)11-18(21)29/h5-7,19-20,28H,8-11H2,1-4H3. The Morgan fingerprint density at radius 3 is 2.00 bits per heavy atom. The Bertz CT molecular complexity index is 907. The lowest BCUT2D eigenvalue weighted by atomic mass is 9.62. The molecule has 29 heavy (non-hydrogen) atoms. The molecule has 0 aliphatic heterocycles. The van der Waals surface area contributed by atoms with E-state index >= 15 is 0 Å². The van der Waals surface area contributed by atoms with Gasteiger partial charge in [-0.25, -0.2) is 0 Å². The molecule has 4 nitrogen and oxygen atoms in total. The zero-order valence-electron chi connectivity index (χ0n) is 17.1. The molecule has 1 aromatic carbocycles. The Kier molecular flexibility index (Phi) is 5.74. The van der Waals surface area contributed by atoms with Crippen LogP contribution < -0.4 is 0 Å². The van der Waals surface area contributed by atoms with E-state index in [-0.39, 0.29) is 58.4 Å². The summed E-state index contributed by atoms with van der Waals surface area (Å²) in [6.45, 7) is 7.58. The lowest BCUT2D eigenvalue weighted by Gasteiger charge is -2.39. The molecule has 0 amide bonds. The first-order valence-corrected chi connectivity index (χ1v) is 10.5. The number of rotatable bonds is 3. The van der Waals surface area contributed by atoms with Crippen molar-refractivity contribution in [1.82, 2.24) is 0 Å². The van der Waals surface area contributed by atoms with Gasteiger partial charge in [0.05, 0.1) is 5.92 Å². The largest absolute Gasteiger partial charge is 0.512 e. The molecule has 0 spiro atoms. The number of carbonyl (C=O) groups excluding carboxylic acids is 3. The van der Waals surface area contributed by atoms with Gasteiger partial charge in [-0.3, -0.25) is 14.4 Å². The first-order valence-electron chi connectivity index (χ1n) is 9.77. The van der Waals surface area contributed by atoms with Gasteiger partial charge in [-0.15, -0.1) is 0 Å². The van der Waals surface area contributed by atoms with Gasteiger partial charge in [0.25, 0.3) is 0 Å². The number of hydrogen-bond acceptors (Lipinski definition) is 4. The Morgan fingerprint density at radius 2 is 1.48 bits per heavy atom. The Balaban J connectivity index is 2.20. The molecule has 1 saturated carbocycles. The molecule has 0 radical (unpaired) electrons. The summed E-state index contributed by atoms with van der Waals surface area (Å²) in [5.41, 5.74) is -0.202. The average Bonchev–Trinajstić information content (AvgIpc) is 2.50. The molecule has 1 unspecified atom stereocenters. The van der Waals surface area contributed by atoms with Crippen molar-refractivity contribution < 1.29 is 19.5 Å². The van der Waals surface area contributed by atoms with E-state index in [1.54, 1.807) is 12.1 Å². The molecule has 0 saturated heterocycles. The number of aliphatic hydroxyl groups is 1. The lowest BCUT2D eigenvalue weighted by Crippen LogP contribution is -2.43. The second-order valence-corrected chi connectivity index (χ2v) is 10.7. The predicted octanol–water partition coefficient (Wildman–Crippen LogP) is 5.85. The third-order valence-corrected chi connectivity index (χ3v) is 6.40. The number of Topliss-reactive ketones (excluding diaryl/α,β-unsaturated/α-hetero) is 3. The fourth-order valence-electron chi connectivity index (χ4n) is 4.69. The van der Waals surface area contributed by atoms with Crippen molar-refractivity contribution in [3.05, 3.63) is 45.1 Å². The van der Waals surface area contributed by atoms with Crippen LogP contribution >= 0.6 is 23.2 Å². The fraction of sp³-hybridized carbons (Fsp3) is 0.522. The topological polar surface area (TPSA) is 71.4 Å². The van der Waals surface area contributed by atoms with E-state index in [1.807, 2.05) is 27.7 Å². The third kappa shape index (κ3) is 4.44. The highest BCUT2D eigenvalue weighted by Crippen LogP contribution is 2.48. The molecule has 156 valence electrons. The van der Waals surface area contributed by atoms with Gasteiger partial charge in [0.2, 0.25) is 0 Å². The third-order valence-electron chi connectivity index (χ3n) is 5.84. The molecule has 1 N–H and O–H groups in total. The number of halogens is 2. The second kappa shape index (κ2) is 7.55. The number of allylic oxidation sites excluding steroid dienone is 2. The molecule has 0 aromatic heterocycles. The van der Waals surface area contributed by atoms with Gasteiger partial charge in [0, 0.05) is 47.2 Å². The first kappa shape index (κ1) is 22.0. The Morgan fingerprint density at radius 1 is 0.931 bits per heavy atom.